The molecule has 1 fully saturated rings. The van der Waals surface area contributed by atoms with Crippen molar-refractivity contribution in [3.63, 3.8) is 0 Å². The summed E-state index contributed by atoms with van der Waals surface area (Å²) in [6.07, 6.45) is -3.35. The Labute approximate surface area is 160 Å². The molecule has 1 aliphatic carbocycles. The van der Waals surface area contributed by atoms with E-state index < -0.39 is 29.0 Å². The number of ether oxygens (including phenoxy) is 1. The molecule has 0 aliphatic heterocycles. The average Bonchev–Trinajstić information content (AvgIpc) is 3.40. The maximum atomic E-state index is 12.4. The van der Waals surface area contributed by atoms with Gasteiger partial charge in [0.15, 0.2) is 0 Å². The number of hydrogen-bond acceptors (Lipinski definition) is 2. The number of carbonyl (C=O) groups is 1. The first-order chi connectivity index (χ1) is 12.8. The third kappa shape index (κ3) is 4.72. The van der Waals surface area contributed by atoms with Gasteiger partial charge in [-0.1, -0.05) is 66.2 Å². The lowest BCUT2D eigenvalue weighted by atomic mass is 9.97. The van der Waals surface area contributed by atoms with Crippen molar-refractivity contribution < 1.29 is 22.7 Å². The molecule has 2 unspecified atom stereocenters. The predicted octanol–water partition coefficient (Wildman–Crippen LogP) is 6.03. The highest BCUT2D eigenvalue weighted by atomic mass is 35.5. The summed E-state index contributed by atoms with van der Waals surface area (Å²) in [5.74, 6) is -1.56. The van der Waals surface area contributed by atoms with Crippen molar-refractivity contribution >= 4 is 17.6 Å². The Bertz CT molecular complexity index is 859. The highest BCUT2D eigenvalue weighted by Crippen LogP contribution is 2.44. The monoisotopic (exact) mass is 394 g/mol. The van der Waals surface area contributed by atoms with Gasteiger partial charge in [-0.25, -0.2) is 0 Å². The fraction of sp³-hybridized carbons (Fsp3) is 0.286. The summed E-state index contributed by atoms with van der Waals surface area (Å²) in [4.78, 5) is 12.1. The van der Waals surface area contributed by atoms with E-state index in [0.29, 0.717) is 6.42 Å². The smallest absolute Gasteiger partial charge is 0.426 e. The lowest BCUT2D eigenvalue weighted by molar-refractivity contribution is -0.146. The Morgan fingerprint density at radius 3 is 2.56 bits per heavy atom. The highest BCUT2D eigenvalue weighted by molar-refractivity contribution is 6.30. The number of rotatable bonds is 5. The van der Waals surface area contributed by atoms with Crippen LogP contribution in [0.1, 0.15) is 17.5 Å². The van der Waals surface area contributed by atoms with Gasteiger partial charge in [-0.05, 0) is 41.5 Å². The molecule has 2 nitrogen and oxygen atoms in total. The summed E-state index contributed by atoms with van der Waals surface area (Å²) in [7, 11) is 0. The number of carbonyl (C=O) groups excluding carboxylic acids is 1. The van der Waals surface area contributed by atoms with Crippen LogP contribution in [0.3, 0.4) is 0 Å². The molecule has 0 radical (unpaired) electrons. The van der Waals surface area contributed by atoms with Crippen molar-refractivity contribution in [2.75, 3.05) is 0 Å². The molecule has 2 atom stereocenters. The first-order valence-electron chi connectivity index (χ1n) is 8.52. The molecule has 0 heterocycles. The summed E-state index contributed by atoms with van der Waals surface area (Å²) in [5.41, 5.74) is 3.99. The molecule has 0 amide bonds. The third-order valence-corrected chi connectivity index (χ3v) is 5.01. The van der Waals surface area contributed by atoms with Crippen LogP contribution in [0.25, 0.3) is 11.1 Å². The molecule has 3 rings (SSSR count). The Kier molecular flexibility index (Phi) is 5.61. The van der Waals surface area contributed by atoms with Crippen LogP contribution in [-0.2, 0) is 16.1 Å². The molecule has 0 spiro atoms. The van der Waals surface area contributed by atoms with Gasteiger partial charge in [-0.15, -0.1) is 0 Å². The minimum Gasteiger partial charge on any atom is -0.461 e. The minimum absolute atomic E-state index is 0.0886. The Hall–Kier alpha value is -2.27. The van der Waals surface area contributed by atoms with Crippen molar-refractivity contribution in [1.29, 1.82) is 0 Å². The van der Waals surface area contributed by atoms with Gasteiger partial charge in [-0.3, -0.25) is 4.79 Å². The summed E-state index contributed by atoms with van der Waals surface area (Å²) >= 11 is 5.22. The number of halogens is 4. The van der Waals surface area contributed by atoms with Gasteiger partial charge in [0.1, 0.15) is 11.6 Å². The van der Waals surface area contributed by atoms with E-state index in [4.69, 9.17) is 16.3 Å². The molecular formula is C21H18ClF3O2. The van der Waals surface area contributed by atoms with Crippen LogP contribution < -0.4 is 0 Å². The van der Waals surface area contributed by atoms with Crippen LogP contribution in [0, 0.1) is 18.8 Å². The molecule has 0 aromatic heterocycles. The summed E-state index contributed by atoms with van der Waals surface area (Å²) in [5, 5.41) is -1.19. The van der Waals surface area contributed by atoms with E-state index >= 15 is 0 Å². The minimum atomic E-state index is -4.58. The van der Waals surface area contributed by atoms with Crippen LogP contribution in [0.4, 0.5) is 13.2 Å². The third-order valence-electron chi connectivity index (χ3n) is 4.67. The Morgan fingerprint density at radius 2 is 1.89 bits per heavy atom. The Balaban J connectivity index is 1.62. The zero-order valence-electron chi connectivity index (χ0n) is 14.6. The van der Waals surface area contributed by atoms with E-state index in [1.54, 1.807) is 0 Å². The molecule has 0 bridgehead atoms. The van der Waals surface area contributed by atoms with Gasteiger partial charge in [0, 0.05) is 0 Å². The molecule has 1 saturated carbocycles. The average molecular weight is 395 g/mol. The van der Waals surface area contributed by atoms with E-state index in [1.807, 2.05) is 55.5 Å². The molecule has 0 N–H and O–H groups in total. The molecule has 1 aliphatic rings. The van der Waals surface area contributed by atoms with E-state index in [0.717, 1.165) is 28.3 Å². The van der Waals surface area contributed by atoms with Crippen LogP contribution in [0.2, 0.25) is 0 Å². The van der Waals surface area contributed by atoms with Gasteiger partial charge in [0.25, 0.3) is 0 Å². The number of hydrogen-bond donors (Lipinski definition) is 0. The van der Waals surface area contributed by atoms with Crippen molar-refractivity contribution in [3.8, 4) is 11.1 Å². The number of allylic oxidation sites excluding steroid dienone is 2. The summed E-state index contributed by atoms with van der Waals surface area (Å²) in [6, 6.07) is 15.6. The summed E-state index contributed by atoms with van der Waals surface area (Å²) < 4.78 is 42.7. The first-order valence-corrected chi connectivity index (χ1v) is 8.90. The van der Waals surface area contributed by atoms with E-state index in [9.17, 15) is 18.0 Å². The van der Waals surface area contributed by atoms with E-state index in [2.05, 4.69) is 0 Å². The highest BCUT2D eigenvalue weighted by Gasteiger charge is 2.45. The SMILES string of the molecule is Cc1c(COC(=O)C2CC2C=C(Cl)C(F)(F)F)cccc1-c1ccccc1. The van der Waals surface area contributed by atoms with Crippen molar-refractivity contribution in [2.24, 2.45) is 11.8 Å². The molecule has 2 aromatic rings. The van der Waals surface area contributed by atoms with Gasteiger partial charge < -0.3 is 4.74 Å². The maximum absolute atomic E-state index is 12.4. The van der Waals surface area contributed by atoms with Crippen LogP contribution in [0.5, 0.6) is 0 Å². The topological polar surface area (TPSA) is 26.3 Å². The van der Waals surface area contributed by atoms with Crippen LogP contribution in [-0.4, -0.2) is 12.1 Å². The van der Waals surface area contributed by atoms with E-state index in [-0.39, 0.29) is 6.61 Å². The van der Waals surface area contributed by atoms with Crippen molar-refractivity contribution in [2.45, 2.75) is 26.1 Å². The predicted molar refractivity (Wildman–Crippen MR) is 98.0 cm³/mol. The summed E-state index contributed by atoms with van der Waals surface area (Å²) in [6.45, 7) is 2.04. The Morgan fingerprint density at radius 1 is 1.19 bits per heavy atom. The fourth-order valence-electron chi connectivity index (χ4n) is 2.98. The second kappa shape index (κ2) is 7.77. The molecule has 0 saturated heterocycles. The molecule has 2 aromatic carbocycles. The standard InChI is InChI=1S/C21H18ClF3O2/c1-13-15(8-5-9-17(13)14-6-3-2-4-7-14)12-27-20(26)18-10-16(18)11-19(22)21(23,24)25/h2-9,11,16,18H,10,12H2,1H3. The quantitative estimate of drug-likeness (QED) is 0.579. The first kappa shape index (κ1) is 19.5. The fourth-order valence-corrected chi connectivity index (χ4v) is 3.14. The van der Waals surface area contributed by atoms with Crippen LogP contribution >= 0.6 is 11.6 Å². The number of alkyl halides is 3. The lowest BCUT2D eigenvalue weighted by Crippen LogP contribution is -2.10. The van der Waals surface area contributed by atoms with E-state index in [1.165, 1.54) is 0 Å². The van der Waals surface area contributed by atoms with Crippen LogP contribution in [0.15, 0.2) is 59.6 Å². The zero-order chi connectivity index (χ0) is 19.6. The van der Waals surface area contributed by atoms with Gasteiger partial charge in [-0.2, -0.15) is 13.2 Å². The molecule has 27 heavy (non-hydrogen) atoms. The van der Waals surface area contributed by atoms with Gasteiger partial charge >= 0.3 is 12.1 Å². The second-order valence-corrected chi connectivity index (χ2v) is 6.99. The molecule has 6 heteroatoms. The van der Waals surface area contributed by atoms with Gasteiger partial charge in [0.05, 0.1) is 5.92 Å². The lowest BCUT2D eigenvalue weighted by Gasteiger charge is -2.12. The normalized spacial score (nSPS) is 19.7. The van der Waals surface area contributed by atoms with Crippen molar-refractivity contribution in [1.82, 2.24) is 0 Å². The van der Waals surface area contributed by atoms with Gasteiger partial charge in [0.2, 0.25) is 0 Å². The zero-order valence-corrected chi connectivity index (χ0v) is 15.3. The number of benzene rings is 2. The maximum Gasteiger partial charge on any atom is 0.426 e. The molecular weight excluding hydrogens is 377 g/mol. The van der Waals surface area contributed by atoms with Crippen molar-refractivity contribution in [3.05, 3.63) is 70.8 Å². The second-order valence-electron chi connectivity index (χ2n) is 6.58. The number of esters is 1. The molecule has 142 valence electrons. The largest absolute Gasteiger partial charge is 0.461 e.